The van der Waals surface area contributed by atoms with Gasteiger partial charge < -0.3 is 5.11 Å². The second-order valence-electron chi connectivity index (χ2n) is 4.39. The van der Waals surface area contributed by atoms with Gasteiger partial charge in [0.15, 0.2) is 0 Å². The van der Waals surface area contributed by atoms with E-state index in [1.165, 1.54) is 0 Å². The lowest BCUT2D eigenvalue weighted by molar-refractivity contribution is -0.141. The molecule has 3 nitrogen and oxygen atoms in total. The molecule has 0 aromatic carbocycles. The maximum atomic E-state index is 11.1. The minimum Gasteiger partial charge on any atom is -0.481 e. The molecule has 1 unspecified atom stereocenters. The minimum absolute atomic E-state index is 0.319. The van der Waals surface area contributed by atoms with Crippen LogP contribution < -0.4 is 0 Å². The number of hydrogen-bond acceptors (Lipinski definition) is 2. The van der Waals surface area contributed by atoms with Gasteiger partial charge in [-0.1, -0.05) is 26.8 Å². The number of pyridine rings is 1. The van der Waals surface area contributed by atoms with Crippen LogP contribution in [0.15, 0.2) is 24.4 Å². The number of carboxylic acids is 1. The van der Waals surface area contributed by atoms with Crippen molar-refractivity contribution in [2.75, 3.05) is 0 Å². The van der Waals surface area contributed by atoms with Crippen LogP contribution >= 0.6 is 0 Å². The normalized spacial score (nSPS) is 13.6. The fraction of sp³-hybridized carbons (Fsp3) is 0.455. The molecule has 1 rings (SSSR count). The van der Waals surface area contributed by atoms with E-state index in [2.05, 4.69) is 4.98 Å². The van der Waals surface area contributed by atoms with Crippen molar-refractivity contribution in [1.29, 1.82) is 0 Å². The summed E-state index contributed by atoms with van der Waals surface area (Å²) >= 11 is 0. The van der Waals surface area contributed by atoms with E-state index in [0.717, 1.165) is 0 Å². The van der Waals surface area contributed by atoms with Crippen molar-refractivity contribution in [2.24, 2.45) is 5.41 Å². The molecule has 1 heterocycles. The van der Waals surface area contributed by atoms with Crippen molar-refractivity contribution in [3.63, 3.8) is 0 Å². The van der Waals surface area contributed by atoms with E-state index < -0.39 is 11.9 Å². The molecule has 0 spiro atoms. The molecule has 0 aliphatic heterocycles. The maximum Gasteiger partial charge on any atom is 0.313 e. The predicted molar refractivity (Wildman–Crippen MR) is 54.1 cm³/mol. The van der Waals surface area contributed by atoms with E-state index in [0.29, 0.717) is 5.69 Å². The summed E-state index contributed by atoms with van der Waals surface area (Å²) in [7, 11) is 0. The van der Waals surface area contributed by atoms with Crippen LogP contribution in [0.2, 0.25) is 0 Å². The van der Waals surface area contributed by atoms with Gasteiger partial charge in [-0.2, -0.15) is 0 Å². The van der Waals surface area contributed by atoms with Crippen LogP contribution in [0.4, 0.5) is 0 Å². The number of aromatic nitrogens is 1. The molecule has 0 bridgehead atoms. The molecule has 1 atom stereocenters. The highest BCUT2D eigenvalue weighted by molar-refractivity contribution is 5.76. The van der Waals surface area contributed by atoms with Gasteiger partial charge in [0.25, 0.3) is 0 Å². The molecule has 1 aromatic heterocycles. The Kier molecular flexibility index (Phi) is 2.89. The molecule has 1 aromatic rings. The highest BCUT2D eigenvalue weighted by Gasteiger charge is 2.33. The molecular weight excluding hydrogens is 178 g/mol. The lowest BCUT2D eigenvalue weighted by atomic mass is 9.78. The van der Waals surface area contributed by atoms with E-state index in [-0.39, 0.29) is 5.41 Å². The van der Waals surface area contributed by atoms with E-state index in [9.17, 15) is 4.79 Å². The summed E-state index contributed by atoms with van der Waals surface area (Å²) in [6.07, 6.45) is 1.62. The van der Waals surface area contributed by atoms with Crippen molar-refractivity contribution in [3.8, 4) is 0 Å². The Labute approximate surface area is 83.8 Å². The fourth-order valence-electron chi connectivity index (χ4n) is 1.49. The first kappa shape index (κ1) is 10.7. The van der Waals surface area contributed by atoms with E-state index in [1.54, 1.807) is 18.3 Å². The quantitative estimate of drug-likeness (QED) is 0.784. The summed E-state index contributed by atoms with van der Waals surface area (Å²) in [4.78, 5) is 15.2. The van der Waals surface area contributed by atoms with Crippen molar-refractivity contribution in [2.45, 2.75) is 26.7 Å². The average Bonchev–Trinajstić information content (AvgIpc) is 2.02. The summed E-state index contributed by atoms with van der Waals surface area (Å²) in [5.74, 6) is -1.38. The summed E-state index contributed by atoms with van der Waals surface area (Å²) in [5.41, 5.74) is 0.299. The van der Waals surface area contributed by atoms with E-state index in [1.807, 2.05) is 26.8 Å². The van der Waals surface area contributed by atoms with Gasteiger partial charge in [-0.05, 0) is 17.5 Å². The van der Waals surface area contributed by atoms with Crippen molar-refractivity contribution >= 4 is 5.97 Å². The van der Waals surface area contributed by atoms with E-state index in [4.69, 9.17) is 5.11 Å². The summed E-state index contributed by atoms with van der Waals surface area (Å²) in [6, 6.07) is 5.35. The Bertz CT molecular complexity index is 314. The van der Waals surface area contributed by atoms with Crippen molar-refractivity contribution < 1.29 is 9.90 Å². The van der Waals surface area contributed by atoms with Crippen molar-refractivity contribution in [1.82, 2.24) is 4.98 Å². The molecular formula is C11H15NO2. The highest BCUT2D eigenvalue weighted by atomic mass is 16.4. The van der Waals surface area contributed by atoms with Gasteiger partial charge in [0.2, 0.25) is 0 Å². The van der Waals surface area contributed by atoms with Gasteiger partial charge >= 0.3 is 5.97 Å². The lowest BCUT2D eigenvalue weighted by Crippen LogP contribution is -2.26. The van der Waals surface area contributed by atoms with Gasteiger partial charge in [0.05, 0.1) is 5.69 Å². The van der Waals surface area contributed by atoms with Gasteiger partial charge in [-0.25, -0.2) is 0 Å². The zero-order chi connectivity index (χ0) is 10.8. The second kappa shape index (κ2) is 3.78. The van der Waals surface area contributed by atoms with Gasteiger partial charge in [-0.15, -0.1) is 0 Å². The predicted octanol–water partition coefficient (Wildman–Crippen LogP) is 2.30. The molecule has 0 saturated heterocycles. The molecule has 0 saturated carbocycles. The first-order chi connectivity index (χ1) is 6.43. The Morgan fingerprint density at radius 2 is 2.07 bits per heavy atom. The number of carboxylic acid groups (broad SMARTS) is 1. The van der Waals surface area contributed by atoms with Crippen LogP contribution in [0, 0.1) is 5.41 Å². The molecule has 76 valence electrons. The highest BCUT2D eigenvalue weighted by Crippen LogP contribution is 2.33. The Morgan fingerprint density at radius 3 is 2.43 bits per heavy atom. The summed E-state index contributed by atoms with van der Waals surface area (Å²) < 4.78 is 0. The van der Waals surface area contributed by atoms with Crippen LogP contribution in [0.25, 0.3) is 0 Å². The van der Waals surface area contributed by atoms with Gasteiger partial charge in [0, 0.05) is 6.20 Å². The molecule has 0 fully saturated rings. The van der Waals surface area contributed by atoms with Crippen LogP contribution in [0.5, 0.6) is 0 Å². The largest absolute Gasteiger partial charge is 0.481 e. The molecule has 1 N–H and O–H groups in total. The van der Waals surface area contributed by atoms with E-state index >= 15 is 0 Å². The summed E-state index contributed by atoms with van der Waals surface area (Å²) in [6.45, 7) is 5.71. The zero-order valence-electron chi connectivity index (χ0n) is 8.69. The van der Waals surface area contributed by atoms with Gasteiger partial charge in [-0.3, -0.25) is 9.78 Å². The topological polar surface area (TPSA) is 50.2 Å². The minimum atomic E-state index is -0.823. The number of carbonyl (C=O) groups is 1. The SMILES string of the molecule is CC(C)(C)C(C(=O)O)c1ccccn1. The molecule has 0 aliphatic rings. The molecule has 0 aliphatic carbocycles. The Morgan fingerprint density at radius 1 is 1.43 bits per heavy atom. The zero-order valence-corrected chi connectivity index (χ0v) is 8.69. The smallest absolute Gasteiger partial charge is 0.313 e. The van der Waals surface area contributed by atoms with Crippen molar-refractivity contribution in [3.05, 3.63) is 30.1 Å². The second-order valence-corrected chi connectivity index (χ2v) is 4.39. The van der Waals surface area contributed by atoms with Crippen LogP contribution in [0.3, 0.4) is 0 Å². The third-order valence-electron chi connectivity index (χ3n) is 2.10. The monoisotopic (exact) mass is 193 g/mol. The third-order valence-corrected chi connectivity index (χ3v) is 2.10. The van der Waals surface area contributed by atoms with Crippen LogP contribution in [-0.4, -0.2) is 16.1 Å². The standard InChI is InChI=1S/C11H15NO2/c1-11(2,3)9(10(13)14)8-6-4-5-7-12-8/h4-7,9H,1-3H3,(H,13,14). The molecule has 0 radical (unpaired) electrons. The molecule has 14 heavy (non-hydrogen) atoms. The fourth-order valence-corrected chi connectivity index (χ4v) is 1.49. The first-order valence-corrected chi connectivity index (χ1v) is 4.56. The van der Waals surface area contributed by atoms with Crippen LogP contribution in [0.1, 0.15) is 32.4 Å². The number of aliphatic carboxylic acids is 1. The number of hydrogen-bond donors (Lipinski definition) is 1. The first-order valence-electron chi connectivity index (χ1n) is 4.56. The lowest BCUT2D eigenvalue weighted by Gasteiger charge is -2.26. The Balaban J connectivity index is 3.08. The maximum absolute atomic E-state index is 11.1. The van der Waals surface area contributed by atoms with Crippen LogP contribution in [-0.2, 0) is 4.79 Å². The molecule has 3 heteroatoms. The third kappa shape index (κ3) is 2.31. The summed E-state index contributed by atoms with van der Waals surface area (Å²) in [5, 5.41) is 9.12. The number of rotatable bonds is 2. The number of nitrogens with zero attached hydrogens (tertiary/aromatic N) is 1. The Hall–Kier alpha value is -1.38. The molecule has 0 amide bonds. The average molecular weight is 193 g/mol. The van der Waals surface area contributed by atoms with Gasteiger partial charge in [0.1, 0.15) is 5.92 Å².